The van der Waals surface area contributed by atoms with Gasteiger partial charge in [0.05, 0.1) is 19.2 Å². The van der Waals surface area contributed by atoms with Crippen LogP contribution in [0, 0.1) is 13.8 Å². The molecule has 0 radical (unpaired) electrons. The van der Waals surface area contributed by atoms with Crippen LogP contribution in [0.15, 0.2) is 73.9 Å². The average Bonchev–Trinajstić information content (AvgIpc) is 3.31. The van der Waals surface area contributed by atoms with Gasteiger partial charge in [0.25, 0.3) is 0 Å². The van der Waals surface area contributed by atoms with Gasteiger partial charge in [0, 0.05) is 0 Å². The van der Waals surface area contributed by atoms with E-state index in [2.05, 4.69) is 12.1 Å². The van der Waals surface area contributed by atoms with Crippen molar-refractivity contribution in [3.05, 3.63) is 83.3 Å². The van der Waals surface area contributed by atoms with E-state index in [1.807, 2.05) is 62.4 Å². The highest BCUT2D eigenvalue weighted by molar-refractivity contribution is 5.58. The molecule has 0 aliphatic carbocycles. The maximum absolute atomic E-state index is 6.08. The summed E-state index contributed by atoms with van der Waals surface area (Å²) in [6.07, 6.45) is 0.764. The van der Waals surface area contributed by atoms with Crippen LogP contribution in [0.5, 0.6) is 5.75 Å². The van der Waals surface area contributed by atoms with Gasteiger partial charge in [-0.3, -0.25) is 0 Å². The molecule has 0 saturated carbocycles. The molecule has 0 spiro atoms. The number of ether oxygens (including phenoxy) is 1. The lowest BCUT2D eigenvalue weighted by atomic mass is 10.0. The third-order valence-corrected chi connectivity index (χ3v) is 4.39. The first-order valence-electron chi connectivity index (χ1n) is 8.84. The summed E-state index contributed by atoms with van der Waals surface area (Å²) < 4.78 is 22.8. The highest BCUT2D eigenvalue weighted by Gasteiger charge is 2.24. The predicted molar refractivity (Wildman–Crippen MR) is 104 cm³/mol. The lowest BCUT2D eigenvalue weighted by Gasteiger charge is -2.03. The van der Waals surface area contributed by atoms with E-state index in [-0.39, 0.29) is 0 Å². The molecule has 3 heterocycles. The molecule has 3 aromatic heterocycles. The third kappa shape index (κ3) is 3.80. The molecule has 4 aromatic rings. The fraction of sp³-hybridized carbons (Fsp3) is 0.174. The Morgan fingerprint density at radius 1 is 0.741 bits per heavy atom. The Labute approximate surface area is 158 Å². The van der Waals surface area contributed by atoms with E-state index in [0.717, 1.165) is 29.3 Å². The molecule has 4 heteroatoms. The third-order valence-electron chi connectivity index (χ3n) is 4.39. The molecule has 0 bridgehead atoms. The molecule has 27 heavy (non-hydrogen) atoms. The zero-order chi connectivity index (χ0) is 18.8. The molecular formula is C23H21O4+. The summed E-state index contributed by atoms with van der Waals surface area (Å²) in [7, 11) is 1.67. The Balaban J connectivity index is 1.74. The maximum atomic E-state index is 6.08. The Morgan fingerprint density at radius 2 is 1.30 bits per heavy atom. The molecule has 0 fully saturated rings. The van der Waals surface area contributed by atoms with Crippen molar-refractivity contribution in [1.82, 2.24) is 0 Å². The summed E-state index contributed by atoms with van der Waals surface area (Å²) in [5.74, 6) is 5.30. The SMILES string of the molecule is COc1ccc(Cc2cc(-c3ccc(C)o3)[o+]c(-c3ccc(C)o3)c2)cc1. The maximum Gasteiger partial charge on any atom is 0.396 e. The average molecular weight is 361 g/mol. The van der Waals surface area contributed by atoms with Crippen LogP contribution in [-0.2, 0) is 6.42 Å². The van der Waals surface area contributed by atoms with Crippen molar-refractivity contribution in [2.75, 3.05) is 7.11 Å². The van der Waals surface area contributed by atoms with Crippen LogP contribution in [0.3, 0.4) is 0 Å². The van der Waals surface area contributed by atoms with Crippen LogP contribution >= 0.6 is 0 Å². The first kappa shape index (κ1) is 17.2. The van der Waals surface area contributed by atoms with E-state index in [4.69, 9.17) is 18.0 Å². The van der Waals surface area contributed by atoms with E-state index >= 15 is 0 Å². The fourth-order valence-corrected chi connectivity index (χ4v) is 3.01. The van der Waals surface area contributed by atoms with Crippen LogP contribution in [0.4, 0.5) is 0 Å². The molecule has 0 aliphatic rings. The second-order valence-corrected chi connectivity index (χ2v) is 6.54. The van der Waals surface area contributed by atoms with Gasteiger partial charge < -0.3 is 13.6 Å². The summed E-state index contributed by atoms with van der Waals surface area (Å²) >= 11 is 0. The van der Waals surface area contributed by atoms with Gasteiger partial charge in [0.15, 0.2) is 0 Å². The standard InChI is InChI=1S/C23H21O4/c1-15-4-10-20(25-15)22-13-18(12-17-6-8-19(24-3)9-7-17)14-23(27-22)21-11-5-16(2)26-21/h4-11,13-14H,12H2,1-3H3/q+1. The molecule has 4 rings (SSSR count). The highest BCUT2D eigenvalue weighted by atomic mass is 16.5. The number of hydrogen-bond donors (Lipinski definition) is 0. The van der Waals surface area contributed by atoms with E-state index in [9.17, 15) is 0 Å². The number of aryl methyl sites for hydroxylation is 2. The topological polar surface area (TPSA) is 46.8 Å². The fourth-order valence-electron chi connectivity index (χ4n) is 3.01. The van der Waals surface area contributed by atoms with Crippen molar-refractivity contribution in [1.29, 1.82) is 0 Å². The van der Waals surface area contributed by atoms with Crippen LogP contribution < -0.4 is 4.74 Å². The lowest BCUT2D eigenvalue weighted by Crippen LogP contribution is -1.91. The first-order chi connectivity index (χ1) is 13.1. The molecule has 136 valence electrons. The Bertz CT molecular complexity index is 996. The van der Waals surface area contributed by atoms with Gasteiger partial charge in [-0.1, -0.05) is 12.1 Å². The molecular weight excluding hydrogens is 340 g/mol. The number of methoxy groups -OCH3 is 1. The number of rotatable bonds is 5. The Hall–Kier alpha value is -3.27. The minimum Gasteiger partial charge on any atom is -0.497 e. The van der Waals surface area contributed by atoms with E-state index in [1.54, 1.807) is 7.11 Å². The summed E-state index contributed by atoms with van der Waals surface area (Å²) in [5.41, 5.74) is 2.30. The monoisotopic (exact) mass is 361 g/mol. The van der Waals surface area contributed by atoms with Crippen LogP contribution in [0.2, 0.25) is 0 Å². The van der Waals surface area contributed by atoms with Gasteiger partial charge in [-0.2, -0.15) is 4.42 Å². The van der Waals surface area contributed by atoms with Crippen molar-refractivity contribution in [3.8, 4) is 28.8 Å². The molecule has 0 unspecified atom stereocenters. The van der Waals surface area contributed by atoms with Gasteiger partial charge in [0.2, 0.25) is 11.5 Å². The van der Waals surface area contributed by atoms with Crippen molar-refractivity contribution < 1.29 is 18.0 Å². The molecule has 4 nitrogen and oxygen atoms in total. The minimum atomic E-state index is 0.679. The minimum absolute atomic E-state index is 0.679. The molecule has 0 aliphatic heterocycles. The number of hydrogen-bond acceptors (Lipinski definition) is 3. The summed E-state index contributed by atoms with van der Waals surface area (Å²) in [4.78, 5) is 0. The Morgan fingerprint density at radius 3 is 1.74 bits per heavy atom. The molecule has 0 saturated heterocycles. The molecule has 0 N–H and O–H groups in total. The smallest absolute Gasteiger partial charge is 0.396 e. The predicted octanol–water partition coefficient (Wildman–Crippen LogP) is 6.30. The quantitative estimate of drug-likeness (QED) is 0.392. The summed E-state index contributed by atoms with van der Waals surface area (Å²) in [6.45, 7) is 3.84. The zero-order valence-electron chi connectivity index (χ0n) is 15.6. The van der Waals surface area contributed by atoms with Crippen molar-refractivity contribution >= 4 is 0 Å². The molecule has 0 amide bonds. The van der Waals surface area contributed by atoms with Crippen LogP contribution in [0.25, 0.3) is 23.0 Å². The lowest BCUT2D eigenvalue weighted by molar-refractivity contribution is 0.414. The second kappa shape index (κ2) is 7.16. The zero-order valence-corrected chi connectivity index (χ0v) is 15.6. The molecule has 0 atom stereocenters. The van der Waals surface area contributed by atoms with Gasteiger partial charge >= 0.3 is 11.5 Å². The summed E-state index contributed by atoms with van der Waals surface area (Å²) in [5, 5.41) is 0. The van der Waals surface area contributed by atoms with E-state index in [0.29, 0.717) is 23.0 Å². The second-order valence-electron chi connectivity index (χ2n) is 6.54. The van der Waals surface area contributed by atoms with Gasteiger partial charge in [-0.25, -0.2) is 0 Å². The van der Waals surface area contributed by atoms with Crippen molar-refractivity contribution in [2.45, 2.75) is 20.3 Å². The van der Waals surface area contributed by atoms with Gasteiger partial charge in [-0.05, 0) is 67.8 Å². The number of furan rings is 2. The normalized spacial score (nSPS) is 10.9. The molecule has 1 aromatic carbocycles. The van der Waals surface area contributed by atoms with E-state index in [1.165, 1.54) is 5.56 Å². The van der Waals surface area contributed by atoms with Crippen molar-refractivity contribution in [3.63, 3.8) is 0 Å². The van der Waals surface area contributed by atoms with Crippen molar-refractivity contribution in [2.24, 2.45) is 0 Å². The first-order valence-corrected chi connectivity index (χ1v) is 8.84. The van der Waals surface area contributed by atoms with Gasteiger partial charge in [-0.15, -0.1) is 0 Å². The Kier molecular flexibility index (Phi) is 4.55. The van der Waals surface area contributed by atoms with Crippen LogP contribution in [-0.4, -0.2) is 7.11 Å². The van der Waals surface area contributed by atoms with E-state index < -0.39 is 0 Å². The van der Waals surface area contributed by atoms with Gasteiger partial charge in [0.1, 0.15) is 17.3 Å². The summed E-state index contributed by atoms with van der Waals surface area (Å²) in [6, 6.07) is 19.8. The largest absolute Gasteiger partial charge is 0.497 e. The highest BCUT2D eigenvalue weighted by Crippen LogP contribution is 2.31. The van der Waals surface area contributed by atoms with Crippen LogP contribution in [0.1, 0.15) is 22.6 Å². The number of benzene rings is 1.